The van der Waals surface area contributed by atoms with E-state index in [9.17, 15) is 4.39 Å². The minimum Gasteiger partial charge on any atom is -0.373 e. The number of hydrogen-bond donors (Lipinski definition) is 0. The van der Waals surface area contributed by atoms with E-state index in [-0.39, 0.29) is 5.82 Å². The van der Waals surface area contributed by atoms with Crippen LogP contribution in [0.3, 0.4) is 0 Å². The zero-order valence-electron chi connectivity index (χ0n) is 10.0. The second kappa shape index (κ2) is 5.54. The Kier molecular flexibility index (Phi) is 4.61. The third kappa shape index (κ3) is 2.17. The first-order valence-corrected chi connectivity index (χ1v) is 6.81. The van der Waals surface area contributed by atoms with Gasteiger partial charge in [0.1, 0.15) is 5.82 Å². The summed E-state index contributed by atoms with van der Waals surface area (Å²) in [5, 5.41) is 0.697. The van der Waals surface area contributed by atoms with Crippen molar-refractivity contribution < 1.29 is 17.7 Å². The first kappa shape index (κ1) is 13.3. The maximum atomic E-state index is 13.6. The highest BCUT2D eigenvalue weighted by Gasteiger charge is 2.42. The van der Waals surface area contributed by atoms with Crippen LogP contribution in [0.2, 0.25) is 0 Å². The van der Waals surface area contributed by atoms with Gasteiger partial charge in [-0.3, -0.25) is 0 Å². The van der Waals surface area contributed by atoms with E-state index in [1.165, 1.54) is 27.4 Å². The average molecular weight is 244 g/mol. The first-order chi connectivity index (χ1) is 7.65. The van der Waals surface area contributed by atoms with E-state index in [1.54, 1.807) is 12.1 Å². The molecular formula is C11H17FO3Si. The summed E-state index contributed by atoms with van der Waals surface area (Å²) in [7, 11) is 1.62. The van der Waals surface area contributed by atoms with Crippen LogP contribution in [-0.2, 0) is 19.7 Å². The molecule has 16 heavy (non-hydrogen) atoms. The highest BCUT2D eigenvalue weighted by molar-refractivity contribution is 6.75. The van der Waals surface area contributed by atoms with Crippen molar-refractivity contribution in [3.05, 3.63) is 29.6 Å². The Hall–Kier alpha value is -0.753. The Morgan fingerprint density at radius 3 is 2.12 bits per heavy atom. The first-order valence-electron chi connectivity index (χ1n) is 5.08. The fraction of sp³-hybridized carbons (Fsp3) is 0.455. The monoisotopic (exact) mass is 244 g/mol. The van der Waals surface area contributed by atoms with Gasteiger partial charge in [-0.2, -0.15) is 0 Å². The fourth-order valence-electron chi connectivity index (χ4n) is 1.78. The minimum absolute atomic E-state index is 0.247. The summed E-state index contributed by atoms with van der Waals surface area (Å²) in [5.74, 6) is -0.247. The van der Waals surface area contributed by atoms with Gasteiger partial charge in [0.2, 0.25) is 0 Å². The number of halogens is 1. The molecule has 0 aliphatic heterocycles. The standard InChI is InChI=1S/C11H17FO3Si/c1-5-9-10(12)7-6-8-11(9)16(13-2,14-3)15-4/h6-8H,5H2,1-4H3. The molecule has 0 aliphatic carbocycles. The maximum Gasteiger partial charge on any atom is 0.536 e. The van der Waals surface area contributed by atoms with Crippen LogP contribution < -0.4 is 5.19 Å². The lowest BCUT2D eigenvalue weighted by molar-refractivity contribution is 0.140. The molecule has 5 heteroatoms. The molecule has 0 aromatic heterocycles. The molecule has 0 saturated carbocycles. The Labute approximate surface area is 96.5 Å². The molecular weight excluding hydrogens is 227 g/mol. The van der Waals surface area contributed by atoms with Crippen molar-refractivity contribution in [3.8, 4) is 0 Å². The Balaban J connectivity index is 3.34. The van der Waals surface area contributed by atoms with Crippen LogP contribution in [0.15, 0.2) is 18.2 Å². The van der Waals surface area contributed by atoms with E-state index in [1.807, 2.05) is 6.92 Å². The molecule has 0 saturated heterocycles. The van der Waals surface area contributed by atoms with E-state index in [2.05, 4.69) is 0 Å². The summed E-state index contributed by atoms with van der Waals surface area (Å²) in [6.45, 7) is 1.89. The van der Waals surface area contributed by atoms with Crippen molar-refractivity contribution in [2.45, 2.75) is 13.3 Å². The minimum atomic E-state index is -2.93. The highest BCUT2D eigenvalue weighted by atomic mass is 28.4. The van der Waals surface area contributed by atoms with Crippen LogP contribution in [0.5, 0.6) is 0 Å². The summed E-state index contributed by atoms with van der Waals surface area (Å²) in [4.78, 5) is 0. The van der Waals surface area contributed by atoms with Gasteiger partial charge in [-0.05, 0) is 18.1 Å². The summed E-state index contributed by atoms with van der Waals surface area (Å²) in [5.41, 5.74) is 0.597. The van der Waals surface area contributed by atoms with Gasteiger partial charge < -0.3 is 13.3 Å². The summed E-state index contributed by atoms with van der Waals surface area (Å²) >= 11 is 0. The van der Waals surface area contributed by atoms with Gasteiger partial charge >= 0.3 is 8.80 Å². The van der Waals surface area contributed by atoms with Gasteiger partial charge in [-0.25, -0.2) is 4.39 Å². The molecule has 0 unspecified atom stereocenters. The van der Waals surface area contributed by atoms with Crippen LogP contribution in [0, 0.1) is 5.82 Å². The molecule has 0 radical (unpaired) electrons. The van der Waals surface area contributed by atoms with Crippen molar-refractivity contribution >= 4 is 14.0 Å². The quantitative estimate of drug-likeness (QED) is 0.734. The molecule has 1 rings (SSSR count). The molecule has 0 fully saturated rings. The fourth-order valence-corrected chi connectivity index (χ4v) is 3.91. The van der Waals surface area contributed by atoms with Crippen LogP contribution in [-0.4, -0.2) is 30.1 Å². The normalized spacial score (nSPS) is 11.8. The van der Waals surface area contributed by atoms with Gasteiger partial charge in [0, 0.05) is 26.5 Å². The molecule has 90 valence electrons. The third-order valence-electron chi connectivity index (χ3n) is 2.61. The predicted molar refractivity (Wildman–Crippen MR) is 62.2 cm³/mol. The lowest BCUT2D eigenvalue weighted by atomic mass is 10.1. The Morgan fingerprint density at radius 1 is 1.12 bits per heavy atom. The van der Waals surface area contributed by atoms with Gasteiger partial charge in [0.05, 0.1) is 0 Å². The molecule has 0 atom stereocenters. The summed E-state index contributed by atoms with van der Waals surface area (Å²) < 4.78 is 29.7. The third-order valence-corrected chi connectivity index (χ3v) is 5.35. The smallest absolute Gasteiger partial charge is 0.373 e. The van der Waals surface area contributed by atoms with E-state index in [0.717, 1.165) is 0 Å². The molecule has 0 amide bonds. The van der Waals surface area contributed by atoms with Crippen LogP contribution in [0.4, 0.5) is 4.39 Å². The second-order valence-corrected chi connectivity index (χ2v) is 6.16. The topological polar surface area (TPSA) is 27.7 Å². The average Bonchev–Trinajstić information content (AvgIpc) is 2.32. The van der Waals surface area contributed by atoms with Gasteiger partial charge in [0.15, 0.2) is 0 Å². The molecule has 0 N–H and O–H groups in total. The second-order valence-electron chi connectivity index (χ2n) is 3.29. The molecule has 0 heterocycles. The van der Waals surface area contributed by atoms with Crippen molar-refractivity contribution in [2.24, 2.45) is 0 Å². The highest BCUT2D eigenvalue weighted by Crippen LogP contribution is 2.13. The van der Waals surface area contributed by atoms with Crippen molar-refractivity contribution in [1.29, 1.82) is 0 Å². The van der Waals surface area contributed by atoms with E-state index in [4.69, 9.17) is 13.3 Å². The van der Waals surface area contributed by atoms with E-state index < -0.39 is 8.80 Å². The summed E-state index contributed by atoms with van der Waals surface area (Å²) in [6.07, 6.45) is 0.576. The van der Waals surface area contributed by atoms with E-state index >= 15 is 0 Å². The van der Waals surface area contributed by atoms with E-state index in [0.29, 0.717) is 17.2 Å². The number of benzene rings is 1. The van der Waals surface area contributed by atoms with Gasteiger partial charge in [-0.1, -0.05) is 19.1 Å². The van der Waals surface area contributed by atoms with Crippen LogP contribution >= 0.6 is 0 Å². The largest absolute Gasteiger partial charge is 0.536 e. The maximum absolute atomic E-state index is 13.6. The zero-order chi connectivity index (χ0) is 12.2. The van der Waals surface area contributed by atoms with Crippen molar-refractivity contribution in [2.75, 3.05) is 21.3 Å². The van der Waals surface area contributed by atoms with Crippen molar-refractivity contribution in [1.82, 2.24) is 0 Å². The van der Waals surface area contributed by atoms with Gasteiger partial charge in [-0.15, -0.1) is 0 Å². The lowest BCUT2D eigenvalue weighted by Crippen LogP contribution is -2.56. The molecule has 0 spiro atoms. The molecule has 3 nitrogen and oxygen atoms in total. The van der Waals surface area contributed by atoms with Crippen LogP contribution in [0.1, 0.15) is 12.5 Å². The Morgan fingerprint density at radius 2 is 1.69 bits per heavy atom. The lowest BCUT2D eigenvalue weighted by Gasteiger charge is -2.26. The number of rotatable bonds is 5. The zero-order valence-corrected chi connectivity index (χ0v) is 11.0. The molecule has 0 aliphatic rings. The molecule has 1 aromatic rings. The van der Waals surface area contributed by atoms with Crippen LogP contribution in [0.25, 0.3) is 0 Å². The SMILES string of the molecule is CCc1c(F)cccc1[Si](OC)(OC)OC. The van der Waals surface area contributed by atoms with Crippen molar-refractivity contribution in [3.63, 3.8) is 0 Å². The molecule has 0 bridgehead atoms. The van der Waals surface area contributed by atoms with Gasteiger partial charge in [0.25, 0.3) is 0 Å². The number of hydrogen-bond acceptors (Lipinski definition) is 3. The predicted octanol–water partition coefficient (Wildman–Crippen LogP) is 1.47. The Bertz CT molecular complexity index is 345. The summed E-state index contributed by atoms with van der Waals surface area (Å²) in [6, 6.07) is 4.87. The molecule has 1 aromatic carbocycles.